The first kappa shape index (κ1) is 12.7. The van der Waals surface area contributed by atoms with Crippen LogP contribution in [-0.4, -0.2) is 32.2 Å². The maximum atomic E-state index is 11.7. The molecule has 1 heterocycles. The molecule has 0 spiro atoms. The van der Waals surface area contributed by atoms with E-state index in [2.05, 4.69) is 4.74 Å². The molecule has 1 aliphatic heterocycles. The minimum atomic E-state index is -2.09. The molecule has 0 radical (unpaired) electrons. The molecule has 2 rings (SSSR count). The summed E-state index contributed by atoms with van der Waals surface area (Å²) in [6, 6.07) is 0. The molecule has 0 amide bonds. The fraction of sp³-hybridized carbons (Fsp3) is 0.417. The summed E-state index contributed by atoms with van der Waals surface area (Å²) in [5.41, 5.74) is 0.111. The van der Waals surface area contributed by atoms with Crippen molar-refractivity contribution >= 4 is 5.97 Å². The molecule has 0 bridgehead atoms. The number of cyclic esters (lactones) is 1. The van der Waals surface area contributed by atoms with Crippen molar-refractivity contribution < 1.29 is 30.0 Å². The lowest BCUT2D eigenvalue weighted by Gasteiger charge is -2.35. The van der Waals surface area contributed by atoms with Gasteiger partial charge in [0.25, 0.3) is 0 Å². The van der Waals surface area contributed by atoms with Crippen LogP contribution in [0.3, 0.4) is 0 Å². The number of carbonyl (C=O) groups is 1. The van der Waals surface area contributed by atoms with Gasteiger partial charge in [0.05, 0.1) is 0 Å². The van der Waals surface area contributed by atoms with E-state index in [0.717, 1.165) is 6.92 Å². The van der Waals surface area contributed by atoms with E-state index in [1.54, 1.807) is 0 Å². The normalized spacial score (nSPS) is 26.7. The third-order valence-corrected chi connectivity index (χ3v) is 3.26. The van der Waals surface area contributed by atoms with Crippen molar-refractivity contribution in [3.8, 4) is 11.5 Å². The number of aliphatic hydroxyl groups excluding tert-OH is 1. The van der Waals surface area contributed by atoms with Crippen molar-refractivity contribution in [1.82, 2.24) is 0 Å². The lowest BCUT2D eigenvalue weighted by molar-refractivity contribution is -0.220. The van der Waals surface area contributed by atoms with E-state index in [-0.39, 0.29) is 28.0 Å². The summed E-state index contributed by atoms with van der Waals surface area (Å²) in [5, 5.41) is 39.4. The first-order chi connectivity index (χ1) is 8.18. The maximum absolute atomic E-state index is 11.7. The number of hydrogen-bond donors (Lipinski definition) is 4. The number of carbonyl (C=O) groups excluding carboxylic acids is 1. The quantitative estimate of drug-likeness (QED) is 0.506. The third-order valence-electron chi connectivity index (χ3n) is 3.26. The largest absolute Gasteiger partial charge is 0.507 e. The van der Waals surface area contributed by atoms with Gasteiger partial charge in [0.15, 0.2) is 0 Å². The molecule has 1 unspecified atom stereocenters. The second-order valence-corrected chi connectivity index (χ2v) is 4.58. The second kappa shape index (κ2) is 3.60. The summed E-state index contributed by atoms with van der Waals surface area (Å²) in [5.74, 6) is -3.71. The molecule has 0 saturated carbocycles. The molecule has 6 nitrogen and oxygen atoms in total. The van der Waals surface area contributed by atoms with E-state index in [1.807, 2.05) is 0 Å². The smallest absolute Gasteiger partial charge is 0.344 e. The Morgan fingerprint density at radius 2 is 1.72 bits per heavy atom. The number of benzene rings is 1. The van der Waals surface area contributed by atoms with Gasteiger partial charge in [-0.05, 0) is 19.4 Å². The number of ether oxygens (including phenoxy) is 1. The van der Waals surface area contributed by atoms with Crippen molar-refractivity contribution in [3.63, 3.8) is 0 Å². The van der Waals surface area contributed by atoms with Crippen LogP contribution in [0.25, 0.3) is 0 Å². The molecule has 1 aromatic rings. The highest BCUT2D eigenvalue weighted by Crippen LogP contribution is 2.45. The summed E-state index contributed by atoms with van der Waals surface area (Å²) in [4.78, 5) is 11.7. The van der Waals surface area contributed by atoms with Crippen LogP contribution < -0.4 is 0 Å². The maximum Gasteiger partial charge on any atom is 0.344 e. The van der Waals surface area contributed by atoms with Crippen molar-refractivity contribution in [1.29, 1.82) is 0 Å². The predicted octanol–water partition coefficient (Wildman–Crippen LogP) is 0.627. The Morgan fingerprint density at radius 1 is 1.17 bits per heavy atom. The lowest BCUT2D eigenvalue weighted by Crippen LogP contribution is -2.43. The molecule has 4 N–H and O–H groups in total. The number of rotatable bonds is 0. The Hall–Kier alpha value is -1.79. The first-order valence-electron chi connectivity index (χ1n) is 5.37. The molecule has 0 fully saturated rings. The molecule has 0 aliphatic carbocycles. The standard InChI is InChI=1S/C12H14O6/c1-4-6-7(9(14)5(2)8(4)13)11(16)18-12(3,17)10(6)15/h10,13-15,17H,1-3H3/t10?,12-/m0/s1. The minimum Gasteiger partial charge on any atom is -0.507 e. The van der Waals surface area contributed by atoms with Gasteiger partial charge in [-0.3, -0.25) is 0 Å². The molecule has 1 aromatic carbocycles. The van der Waals surface area contributed by atoms with Crippen LogP contribution in [0.4, 0.5) is 0 Å². The zero-order valence-corrected chi connectivity index (χ0v) is 10.2. The summed E-state index contributed by atoms with van der Waals surface area (Å²) in [6.07, 6.45) is -1.54. The van der Waals surface area contributed by atoms with Gasteiger partial charge in [-0.1, -0.05) is 0 Å². The number of fused-ring (bicyclic) bond motifs is 1. The summed E-state index contributed by atoms with van der Waals surface area (Å²) in [7, 11) is 0. The Bertz CT molecular complexity index is 546. The SMILES string of the molecule is Cc1c(O)c(C)c2c(c1O)C(=O)O[C@](C)(O)C2O. The zero-order valence-electron chi connectivity index (χ0n) is 10.2. The van der Waals surface area contributed by atoms with Crippen LogP contribution in [0.15, 0.2) is 0 Å². The molecule has 1 aliphatic rings. The molecular weight excluding hydrogens is 240 g/mol. The van der Waals surface area contributed by atoms with Gasteiger partial charge in [-0.2, -0.15) is 0 Å². The molecule has 0 saturated heterocycles. The number of phenolic OH excluding ortho intramolecular Hbond substituents is 2. The number of hydrogen-bond acceptors (Lipinski definition) is 6. The molecule has 98 valence electrons. The number of phenols is 2. The highest BCUT2D eigenvalue weighted by Gasteiger charge is 2.46. The van der Waals surface area contributed by atoms with Crippen LogP contribution in [0.5, 0.6) is 11.5 Å². The van der Waals surface area contributed by atoms with E-state index in [9.17, 15) is 25.2 Å². The fourth-order valence-corrected chi connectivity index (χ4v) is 2.13. The average Bonchev–Trinajstić information content (AvgIpc) is 2.27. The van der Waals surface area contributed by atoms with E-state index in [0.29, 0.717) is 0 Å². The molecule has 6 heteroatoms. The van der Waals surface area contributed by atoms with E-state index in [1.165, 1.54) is 13.8 Å². The van der Waals surface area contributed by atoms with Crippen LogP contribution in [-0.2, 0) is 4.74 Å². The number of aliphatic hydroxyl groups is 2. The first-order valence-corrected chi connectivity index (χ1v) is 5.37. The Kier molecular flexibility index (Phi) is 2.53. The monoisotopic (exact) mass is 254 g/mol. The van der Waals surface area contributed by atoms with Gasteiger partial charge >= 0.3 is 5.97 Å². The fourth-order valence-electron chi connectivity index (χ4n) is 2.13. The lowest BCUT2D eigenvalue weighted by atomic mass is 9.87. The van der Waals surface area contributed by atoms with Crippen LogP contribution >= 0.6 is 0 Å². The molecular formula is C12H14O6. The Morgan fingerprint density at radius 3 is 2.28 bits per heavy atom. The number of esters is 1. The van der Waals surface area contributed by atoms with E-state index >= 15 is 0 Å². The summed E-state index contributed by atoms with van der Waals surface area (Å²) in [6.45, 7) is 4.05. The van der Waals surface area contributed by atoms with E-state index < -0.39 is 23.6 Å². The summed E-state index contributed by atoms with van der Waals surface area (Å²) < 4.78 is 4.67. The van der Waals surface area contributed by atoms with Crippen molar-refractivity contribution in [2.45, 2.75) is 32.7 Å². The topological polar surface area (TPSA) is 107 Å². The van der Waals surface area contributed by atoms with Gasteiger partial charge < -0.3 is 25.2 Å². The van der Waals surface area contributed by atoms with Gasteiger partial charge in [-0.25, -0.2) is 4.79 Å². The van der Waals surface area contributed by atoms with Crippen LogP contribution in [0, 0.1) is 13.8 Å². The molecule has 18 heavy (non-hydrogen) atoms. The minimum absolute atomic E-state index is 0.0168. The van der Waals surface area contributed by atoms with Crippen LogP contribution in [0.1, 0.15) is 40.1 Å². The summed E-state index contributed by atoms with van der Waals surface area (Å²) >= 11 is 0. The van der Waals surface area contributed by atoms with Gasteiger partial charge in [0.1, 0.15) is 23.2 Å². The van der Waals surface area contributed by atoms with Crippen molar-refractivity contribution in [3.05, 3.63) is 22.3 Å². The number of aromatic hydroxyl groups is 2. The van der Waals surface area contributed by atoms with Crippen molar-refractivity contribution in [2.75, 3.05) is 0 Å². The highest BCUT2D eigenvalue weighted by molar-refractivity contribution is 5.97. The van der Waals surface area contributed by atoms with Gasteiger partial charge in [-0.15, -0.1) is 0 Å². The van der Waals surface area contributed by atoms with E-state index in [4.69, 9.17) is 0 Å². The zero-order chi connectivity index (χ0) is 13.8. The second-order valence-electron chi connectivity index (χ2n) is 4.58. The molecule has 2 atom stereocenters. The Labute approximate surface area is 103 Å². The van der Waals surface area contributed by atoms with Gasteiger partial charge in [0.2, 0.25) is 5.79 Å². The average molecular weight is 254 g/mol. The van der Waals surface area contributed by atoms with Crippen molar-refractivity contribution in [2.24, 2.45) is 0 Å². The molecule has 0 aromatic heterocycles. The third kappa shape index (κ3) is 1.46. The predicted molar refractivity (Wildman–Crippen MR) is 60.2 cm³/mol. The van der Waals surface area contributed by atoms with Crippen LogP contribution in [0.2, 0.25) is 0 Å². The van der Waals surface area contributed by atoms with Gasteiger partial charge in [0, 0.05) is 18.1 Å². The Balaban J connectivity index is 2.85. The highest BCUT2D eigenvalue weighted by atomic mass is 16.7.